The fourth-order valence-electron chi connectivity index (χ4n) is 3.45. The van der Waals surface area contributed by atoms with E-state index in [0.29, 0.717) is 37.3 Å². The minimum atomic E-state index is -0.0874. The van der Waals surface area contributed by atoms with Crippen LogP contribution in [0, 0.1) is 5.92 Å². The summed E-state index contributed by atoms with van der Waals surface area (Å²) in [6, 6.07) is 7.81. The van der Waals surface area contributed by atoms with E-state index in [2.05, 4.69) is 35.6 Å². The van der Waals surface area contributed by atoms with Crippen LogP contribution in [0.3, 0.4) is 0 Å². The fourth-order valence-corrected chi connectivity index (χ4v) is 3.45. The number of amides is 1. The maximum atomic E-state index is 12.5. The second kappa shape index (κ2) is 6.55. The molecule has 0 spiro atoms. The maximum absolute atomic E-state index is 12.5. The predicted molar refractivity (Wildman–Crippen MR) is 102 cm³/mol. The number of para-hydroxylation sites is 2. The van der Waals surface area contributed by atoms with Gasteiger partial charge in [0.1, 0.15) is 12.2 Å². The lowest BCUT2D eigenvalue weighted by Gasteiger charge is -2.38. The van der Waals surface area contributed by atoms with Gasteiger partial charge < -0.3 is 15.2 Å². The van der Waals surface area contributed by atoms with Crippen molar-refractivity contribution in [2.45, 2.75) is 20.0 Å². The number of carbonyl (C=O) groups excluding carboxylic acids is 1. The zero-order valence-electron chi connectivity index (χ0n) is 15.3. The molecule has 10 nitrogen and oxygen atoms in total. The van der Waals surface area contributed by atoms with Crippen LogP contribution in [-0.4, -0.2) is 53.9 Å². The molecule has 1 aliphatic rings. The van der Waals surface area contributed by atoms with E-state index in [1.54, 1.807) is 4.68 Å². The Morgan fingerprint density at radius 1 is 1.29 bits per heavy atom. The average Bonchev–Trinajstić information content (AvgIpc) is 3.29. The van der Waals surface area contributed by atoms with Gasteiger partial charge in [-0.15, -0.1) is 5.10 Å². The van der Waals surface area contributed by atoms with Crippen molar-refractivity contribution in [1.29, 1.82) is 0 Å². The third-order valence-electron chi connectivity index (χ3n) is 5.00. The number of aryl methyl sites for hydroxylation is 1. The first kappa shape index (κ1) is 16.6. The SMILES string of the molecule is CCn1nnc2c(N3CC(C(=O)NCc4nc5ccccc5[nH]4)C3)ncnc21. The van der Waals surface area contributed by atoms with E-state index in [0.717, 1.165) is 22.7 Å². The van der Waals surface area contributed by atoms with Crippen LogP contribution in [0.4, 0.5) is 5.82 Å². The van der Waals surface area contributed by atoms with Crippen LogP contribution in [0.25, 0.3) is 22.2 Å². The Morgan fingerprint density at radius 2 is 2.14 bits per heavy atom. The number of carbonyl (C=O) groups is 1. The predicted octanol–water partition coefficient (Wildman–Crippen LogP) is 0.870. The summed E-state index contributed by atoms with van der Waals surface area (Å²) in [5.74, 6) is 1.40. The van der Waals surface area contributed by atoms with Gasteiger partial charge in [0.15, 0.2) is 17.0 Å². The molecule has 0 bridgehead atoms. The van der Waals surface area contributed by atoms with E-state index >= 15 is 0 Å². The smallest absolute Gasteiger partial charge is 0.227 e. The molecule has 3 aromatic heterocycles. The number of nitrogens with one attached hydrogen (secondary N) is 2. The van der Waals surface area contributed by atoms with Crippen molar-refractivity contribution < 1.29 is 4.79 Å². The molecule has 1 amide bonds. The molecular weight excluding hydrogens is 358 g/mol. The largest absolute Gasteiger partial charge is 0.353 e. The standard InChI is InChI=1S/C18H19N9O/c1-2-27-17-15(24-25-27)16(20-10-21-17)26-8-11(9-26)18(28)19-7-14-22-12-5-3-4-6-13(12)23-14/h3-6,10-11H,2,7-9H2,1H3,(H,19,28)(H,22,23). The van der Waals surface area contributed by atoms with Gasteiger partial charge in [0.2, 0.25) is 5.91 Å². The zero-order valence-corrected chi connectivity index (χ0v) is 15.3. The Hall–Kier alpha value is -3.56. The van der Waals surface area contributed by atoms with Crippen molar-refractivity contribution in [2.24, 2.45) is 5.92 Å². The van der Waals surface area contributed by atoms with E-state index in [-0.39, 0.29) is 11.8 Å². The molecular formula is C18H19N9O. The van der Waals surface area contributed by atoms with Crippen molar-refractivity contribution in [3.63, 3.8) is 0 Å². The number of hydrogen-bond acceptors (Lipinski definition) is 7. The summed E-state index contributed by atoms with van der Waals surface area (Å²) in [7, 11) is 0. The molecule has 2 N–H and O–H groups in total. The molecule has 1 saturated heterocycles. The van der Waals surface area contributed by atoms with E-state index in [1.165, 1.54) is 6.33 Å². The molecule has 142 valence electrons. The molecule has 28 heavy (non-hydrogen) atoms. The Balaban J connectivity index is 1.22. The van der Waals surface area contributed by atoms with E-state index in [4.69, 9.17) is 0 Å². The summed E-state index contributed by atoms with van der Waals surface area (Å²) in [6.45, 7) is 4.25. The molecule has 10 heteroatoms. The highest BCUT2D eigenvalue weighted by molar-refractivity contribution is 5.86. The van der Waals surface area contributed by atoms with Gasteiger partial charge >= 0.3 is 0 Å². The summed E-state index contributed by atoms with van der Waals surface area (Å²) in [5.41, 5.74) is 3.25. The summed E-state index contributed by atoms with van der Waals surface area (Å²) in [4.78, 5) is 30.8. The first-order valence-electron chi connectivity index (χ1n) is 9.23. The number of imidazole rings is 1. The molecule has 5 rings (SSSR count). The van der Waals surface area contributed by atoms with E-state index in [1.807, 2.05) is 36.1 Å². The first-order valence-corrected chi connectivity index (χ1v) is 9.23. The van der Waals surface area contributed by atoms with Crippen LogP contribution in [-0.2, 0) is 17.9 Å². The quantitative estimate of drug-likeness (QED) is 0.530. The molecule has 1 aromatic carbocycles. The Bertz CT molecular complexity index is 1130. The third kappa shape index (κ3) is 2.73. The number of nitrogens with zero attached hydrogens (tertiary/aromatic N) is 7. The number of aromatic amines is 1. The normalized spacial score (nSPS) is 14.5. The lowest BCUT2D eigenvalue weighted by molar-refractivity contribution is -0.125. The molecule has 0 saturated carbocycles. The van der Waals surface area contributed by atoms with Gasteiger partial charge in [-0.3, -0.25) is 4.79 Å². The zero-order chi connectivity index (χ0) is 19.1. The minimum absolute atomic E-state index is 0.0132. The van der Waals surface area contributed by atoms with Crippen LogP contribution < -0.4 is 10.2 Å². The number of H-pyrrole nitrogens is 1. The summed E-state index contributed by atoms with van der Waals surface area (Å²) in [6.07, 6.45) is 1.52. The molecule has 0 unspecified atom stereocenters. The molecule has 0 aliphatic carbocycles. The number of hydrogen-bond donors (Lipinski definition) is 2. The second-order valence-electron chi connectivity index (χ2n) is 6.80. The van der Waals surface area contributed by atoms with Crippen LogP contribution in [0.5, 0.6) is 0 Å². The molecule has 1 fully saturated rings. The van der Waals surface area contributed by atoms with Crippen LogP contribution in [0.15, 0.2) is 30.6 Å². The number of fused-ring (bicyclic) bond motifs is 2. The van der Waals surface area contributed by atoms with Gasteiger partial charge in [0.25, 0.3) is 0 Å². The van der Waals surface area contributed by atoms with E-state index < -0.39 is 0 Å². The van der Waals surface area contributed by atoms with Crippen molar-refractivity contribution in [2.75, 3.05) is 18.0 Å². The molecule has 1 aliphatic heterocycles. The fraction of sp³-hybridized carbons (Fsp3) is 0.333. The van der Waals surface area contributed by atoms with Gasteiger partial charge in [0, 0.05) is 19.6 Å². The molecule has 4 heterocycles. The maximum Gasteiger partial charge on any atom is 0.227 e. The van der Waals surface area contributed by atoms with Gasteiger partial charge in [-0.2, -0.15) is 0 Å². The van der Waals surface area contributed by atoms with Gasteiger partial charge in [-0.1, -0.05) is 17.3 Å². The number of anilines is 1. The van der Waals surface area contributed by atoms with Crippen LogP contribution >= 0.6 is 0 Å². The van der Waals surface area contributed by atoms with Crippen molar-refractivity contribution >= 4 is 33.9 Å². The Morgan fingerprint density at radius 3 is 2.96 bits per heavy atom. The Kier molecular flexibility index (Phi) is 3.89. The van der Waals surface area contributed by atoms with Gasteiger partial charge in [-0.25, -0.2) is 19.6 Å². The van der Waals surface area contributed by atoms with Crippen LogP contribution in [0.2, 0.25) is 0 Å². The first-order chi connectivity index (χ1) is 13.7. The Labute approximate surface area is 160 Å². The lowest BCUT2D eigenvalue weighted by Crippen LogP contribution is -2.54. The van der Waals surface area contributed by atoms with Crippen molar-refractivity contribution in [3.05, 3.63) is 36.4 Å². The summed E-state index contributed by atoms with van der Waals surface area (Å²) in [5, 5.41) is 11.3. The molecule has 4 aromatic rings. The number of rotatable bonds is 5. The van der Waals surface area contributed by atoms with Gasteiger partial charge in [-0.05, 0) is 19.1 Å². The number of aromatic nitrogens is 7. The number of benzene rings is 1. The lowest BCUT2D eigenvalue weighted by atomic mass is 9.99. The topological polar surface area (TPSA) is 118 Å². The second-order valence-corrected chi connectivity index (χ2v) is 6.80. The highest BCUT2D eigenvalue weighted by atomic mass is 16.2. The highest BCUT2D eigenvalue weighted by Crippen LogP contribution is 2.27. The van der Waals surface area contributed by atoms with Gasteiger partial charge in [0.05, 0.1) is 23.5 Å². The highest BCUT2D eigenvalue weighted by Gasteiger charge is 2.35. The van der Waals surface area contributed by atoms with Crippen molar-refractivity contribution in [3.8, 4) is 0 Å². The van der Waals surface area contributed by atoms with E-state index in [9.17, 15) is 4.79 Å². The average molecular weight is 377 g/mol. The monoisotopic (exact) mass is 377 g/mol. The molecule has 0 atom stereocenters. The summed E-state index contributed by atoms with van der Waals surface area (Å²) >= 11 is 0. The molecule has 0 radical (unpaired) electrons. The van der Waals surface area contributed by atoms with Crippen molar-refractivity contribution in [1.82, 2.24) is 40.2 Å². The third-order valence-corrected chi connectivity index (χ3v) is 5.00. The summed E-state index contributed by atoms with van der Waals surface area (Å²) < 4.78 is 1.73. The minimum Gasteiger partial charge on any atom is -0.353 e. The van der Waals surface area contributed by atoms with Crippen LogP contribution in [0.1, 0.15) is 12.7 Å².